The molecule has 0 heterocycles. The summed E-state index contributed by atoms with van der Waals surface area (Å²) in [6.45, 7) is 6.17. The van der Waals surface area contributed by atoms with Gasteiger partial charge in [-0.1, -0.05) is 13.8 Å². The molecule has 2 N–H and O–H groups in total. The minimum atomic E-state index is 0.148. The average molecular weight is 170 g/mol. The van der Waals surface area contributed by atoms with Gasteiger partial charge in [0.25, 0.3) is 0 Å². The molecule has 3 heteroatoms. The summed E-state index contributed by atoms with van der Waals surface area (Å²) in [6.07, 6.45) is 1.34. The quantitative estimate of drug-likeness (QED) is 0.499. The Labute approximate surface area is 74.0 Å². The summed E-state index contributed by atoms with van der Waals surface area (Å²) in [5.74, 6) is 0.669. The van der Waals surface area contributed by atoms with Gasteiger partial charge in [0.2, 0.25) is 0 Å². The summed E-state index contributed by atoms with van der Waals surface area (Å²) in [7, 11) is 1.75. The normalized spacial score (nSPS) is 34.5. The lowest BCUT2D eigenvalue weighted by molar-refractivity contribution is -0.0850. The fraction of sp³-hybridized carbons (Fsp3) is 0.889. The minimum absolute atomic E-state index is 0.148. The van der Waals surface area contributed by atoms with Crippen LogP contribution in [0.2, 0.25) is 0 Å². The van der Waals surface area contributed by atoms with Crippen molar-refractivity contribution in [2.24, 2.45) is 16.1 Å². The van der Waals surface area contributed by atoms with E-state index in [4.69, 9.17) is 10.5 Å². The summed E-state index contributed by atoms with van der Waals surface area (Å²) in [6, 6.07) is 0.340. The molecule has 1 aliphatic rings. The molecule has 0 saturated heterocycles. The second kappa shape index (κ2) is 3.05. The van der Waals surface area contributed by atoms with E-state index < -0.39 is 0 Å². The van der Waals surface area contributed by atoms with Crippen LogP contribution in [0.1, 0.15) is 27.2 Å². The van der Waals surface area contributed by atoms with Crippen molar-refractivity contribution in [2.45, 2.75) is 39.3 Å². The standard InChI is InChI=1S/C9H18N2O/c1-6(10)11-7-5-8(12-4)9(7,2)3/h7-8H,5H2,1-4H3,(H2,10,11). The maximum absolute atomic E-state index is 5.52. The molecule has 12 heavy (non-hydrogen) atoms. The van der Waals surface area contributed by atoms with Gasteiger partial charge in [-0.25, -0.2) is 0 Å². The third kappa shape index (κ3) is 1.46. The molecule has 1 fully saturated rings. The SMILES string of the molecule is COC1CC(N=C(C)N)C1(C)C. The number of nitrogens with zero attached hydrogens (tertiary/aromatic N) is 1. The minimum Gasteiger partial charge on any atom is -0.388 e. The Hall–Kier alpha value is -0.570. The first-order chi connectivity index (χ1) is 5.48. The van der Waals surface area contributed by atoms with Crippen LogP contribution >= 0.6 is 0 Å². The number of amidine groups is 1. The monoisotopic (exact) mass is 170 g/mol. The first-order valence-corrected chi connectivity index (χ1v) is 4.31. The average Bonchev–Trinajstić information content (AvgIpc) is 1.96. The molecule has 70 valence electrons. The van der Waals surface area contributed by atoms with Crippen LogP contribution < -0.4 is 5.73 Å². The zero-order chi connectivity index (χ0) is 9.35. The largest absolute Gasteiger partial charge is 0.388 e. The van der Waals surface area contributed by atoms with Crippen LogP contribution in [0.3, 0.4) is 0 Å². The van der Waals surface area contributed by atoms with Gasteiger partial charge in [-0.3, -0.25) is 4.99 Å². The zero-order valence-electron chi connectivity index (χ0n) is 8.29. The zero-order valence-corrected chi connectivity index (χ0v) is 8.29. The van der Waals surface area contributed by atoms with Crippen LogP contribution in [0.25, 0.3) is 0 Å². The molecule has 0 spiro atoms. The van der Waals surface area contributed by atoms with Gasteiger partial charge in [0.05, 0.1) is 18.0 Å². The van der Waals surface area contributed by atoms with Crippen molar-refractivity contribution < 1.29 is 4.74 Å². The molecule has 3 nitrogen and oxygen atoms in total. The predicted molar refractivity (Wildman–Crippen MR) is 50.3 cm³/mol. The number of aliphatic imine (C=N–C) groups is 1. The third-order valence-electron chi connectivity index (χ3n) is 2.77. The van der Waals surface area contributed by atoms with Crippen molar-refractivity contribution in [3.8, 4) is 0 Å². The van der Waals surface area contributed by atoms with Gasteiger partial charge in [-0.05, 0) is 13.3 Å². The number of hydrogen-bond acceptors (Lipinski definition) is 2. The molecule has 0 amide bonds. The van der Waals surface area contributed by atoms with E-state index in [-0.39, 0.29) is 5.41 Å². The molecule has 2 atom stereocenters. The Bertz CT molecular complexity index is 195. The highest BCUT2D eigenvalue weighted by atomic mass is 16.5. The number of hydrogen-bond donors (Lipinski definition) is 1. The van der Waals surface area contributed by atoms with Crippen molar-refractivity contribution in [3.05, 3.63) is 0 Å². The first-order valence-electron chi connectivity index (χ1n) is 4.31. The highest BCUT2D eigenvalue weighted by Gasteiger charge is 2.48. The Kier molecular flexibility index (Phi) is 2.42. The van der Waals surface area contributed by atoms with Crippen LogP contribution in [0.5, 0.6) is 0 Å². The number of rotatable bonds is 2. The number of nitrogens with two attached hydrogens (primary N) is 1. The van der Waals surface area contributed by atoms with Crippen LogP contribution in [0, 0.1) is 5.41 Å². The topological polar surface area (TPSA) is 47.6 Å². The van der Waals surface area contributed by atoms with E-state index in [1.807, 2.05) is 6.92 Å². The molecule has 1 aliphatic carbocycles. The van der Waals surface area contributed by atoms with E-state index in [2.05, 4.69) is 18.8 Å². The molecule has 0 aromatic heterocycles. The molecule has 0 radical (unpaired) electrons. The van der Waals surface area contributed by atoms with Crippen molar-refractivity contribution in [3.63, 3.8) is 0 Å². The Morgan fingerprint density at radius 2 is 2.17 bits per heavy atom. The molecule has 2 unspecified atom stereocenters. The van der Waals surface area contributed by atoms with Crippen molar-refractivity contribution in [1.29, 1.82) is 0 Å². The smallest absolute Gasteiger partial charge is 0.0909 e. The summed E-state index contributed by atoms with van der Waals surface area (Å²) in [5, 5.41) is 0. The highest BCUT2D eigenvalue weighted by molar-refractivity contribution is 5.77. The van der Waals surface area contributed by atoms with Crippen LogP contribution in [0.15, 0.2) is 4.99 Å². The second-order valence-electron chi connectivity index (χ2n) is 4.07. The maximum Gasteiger partial charge on any atom is 0.0909 e. The van der Waals surface area contributed by atoms with Crippen molar-refractivity contribution in [1.82, 2.24) is 0 Å². The number of ether oxygens (including phenoxy) is 1. The summed E-state index contributed by atoms with van der Waals surface area (Å²) >= 11 is 0. The van der Waals surface area contributed by atoms with E-state index in [1.165, 1.54) is 0 Å². The number of methoxy groups -OCH3 is 1. The predicted octanol–water partition coefficient (Wildman–Crippen LogP) is 1.18. The molecule has 0 aliphatic heterocycles. The lowest BCUT2D eigenvalue weighted by Gasteiger charge is -2.49. The van der Waals surface area contributed by atoms with E-state index in [9.17, 15) is 0 Å². The maximum atomic E-state index is 5.52. The molecule has 1 saturated carbocycles. The molecule has 1 rings (SSSR count). The van der Waals surface area contributed by atoms with Crippen LogP contribution in [0.4, 0.5) is 0 Å². The van der Waals surface area contributed by atoms with E-state index >= 15 is 0 Å². The van der Waals surface area contributed by atoms with Gasteiger partial charge in [-0.2, -0.15) is 0 Å². The van der Waals surface area contributed by atoms with Crippen LogP contribution in [-0.4, -0.2) is 25.1 Å². The van der Waals surface area contributed by atoms with E-state index in [1.54, 1.807) is 7.11 Å². The Morgan fingerprint density at radius 3 is 2.50 bits per heavy atom. The summed E-state index contributed by atoms with van der Waals surface area (Å²) in [4.78, 5) is 4.35. The highest BCUT2D eigenvalue weighted by Crippen LogP contribution is 2.44. The van der Waals surface area contributed by atoms with Crippen molar-refractivity contribution in [2.75, 3.05) is 7.11 Å². The molecule has 0 bridgehead atoms. The molecular weight excluding hydrogens is 152 g/mol. The van der Waals surface area contributed by atoms with Gasteiger partial charge >= 0.3 is 0 Å². The fourth-order valence-electron chi connectivity index (χ4n) is 1.73. The van der Waals surface area contributed by atoms with E-state index in [0.717, 1.165) is 6.42 Å². The summed E-state index contributed by atoms with van der Waals surface area (Å²) < 4.78 is 5.30. The Balaban J connectivity index is 2.59. The Morgan fingerprint density at radius 1 is 1.58 bits per heavy atom. The van der Waals surface area contributed by atoms with Gasteiger partial charge in [0, 0.05) is 12.5 Å². The third-order valence-corrected chi connectivity index (χ3v) is 2.77. The summed E-state index contributed by atoms with van der Waals surface area (Å²) in [5.41, 5.74) is 5.67. The van der Waals surface area contributed by atoms with Gasteiger partial charge in [0.1, 0.15) is 0 Å². The molecule has 0 aromatic carbocycles. The lowest BCUT2D eigenvalue weighted by atomic mass is 9.65. The van der Waals surface area contributed by atoms with Crippen molar-refractivity contribution >= 4 is 5.84 Å². The fourth-order valence-corrected chi connectivity index (χ4v) is 1.73. The van der Waals surface area contributed by atoms with Gasteiger partial charge in [-0.15, -0.1) is 0 Å². The van der Waals surface area contributed by atoms with Gasteiger partial charge in [0.15, 0.2) is 0 Å². The lowest BCUT2D eigenvalue weighted by Crippen LogP contribution is -2.53. The van der Waals surface area contributed by atoms with E-state index in [0.29, 0.717) is 18.0 Å². The molecular formula is C9H18N2O. The molecule has 0 aromatic rings. The first kappa shape index (κ1) is 9.52. The van der Waals surface area contributed by atoms with Gasteiger partial charge < -0.3 is 10.5 Å². The van der Waals surface area contributed by atoms with Crippen LogP contribution in [-0.2, 0) is 4.74 Å². The second-order valence-corrected chi connectivity index (χ2v) is 4.07.